The van der Waals surface area contributed by atoms with Gasteiger partial charge in [0, 0.05) is 24.2 Å². The van der Waals surface area contributed by atoms with Gasteiger partial charge in [0.1, 0.15) is 17.1 Å². The zero-order valence-corrected chi connectivity index (χ0v) is 19.5. The molecule has 0 aliphatic heterocycles. The normalized spacial score (nSPS) is 13.7. The standard InChI is InChI=1S/C24H36N4O3/c1-7-25-23(27-15-24(6,30)21-12-17(4)31-18(21)5)26-14-19-9-8-10-20(13-19)28-22(29)11-16(2)3/h8-10,12-13,16,30H,7,11,14-15H2,1-6H3,(H,28,29)(H2,25,26,27). The molecule has 2 aromatic rings. The molecule has 0 fully saturated rings. The molecule has 0 bridgehead atoms. The lowest BCUT2D eigenvalue weighted by atomic mass is 9.96. The van der Waals surface area contributed by atoms with Gasteiger partial charge in [-0.3, -0.25) is 4.79 Å². The first-order chi connectivity index (χ1) is 14.6. The van der Waals surface area contributed by atoms with Crippen LogP contribution in [-0.4, -0.2) is 30.1 Å². The summed E-state index contributed by atoms with van der Waals surface area (Å²) in [4.78, 5) is 16.6. The molecule has 1 unspecified atom stereocenters. The second-order valence-corrected chi connectivity index (χ2v) is 8.50. The molecule has 1 atom stereocenters. The predicted octanol–water partition coefficient (Wildman–Crippen LogP) is 3.84. The van der Waals surface area contributed by atoms with E-state index in [1.54, 1.807) is 6.92 Å². The van der Waals surface area contributed by atoms with Crippen molar-refractivity contribution in [3.05, 3.63) is 53.0 Å². The predicted molar refractivity (Wildman–Crippen MR) is 125 cm³/mol. The van der Waals surface area contributed by atoms with Gasteiger partial charge in [-0.05, 0) is 57.4 Å². The zero-order chi connectivity index (χ0) is 23.0. The van der Waals surface area contributed by atoms with E-state index in [0.29, 0.717) is 37.1 Å². The number of benzene rings is 1. The second kappa shape index (κ2) is 11.0. The first kappa shape index (κ1) is 24.5. The van der Waals surface area contributed by atoms with E-state index < -0.39 is 5.60 Å². The summed E-state index contributed by atoms with van der Waals surface area (Å²) in [6, 6.07) is 9.55. The van der Waals surface area contributed by atoms with Crippen LogP contribution in [0.2, 0.25) is 0 Å². The van der Waals surface area contributed by atoms with E-state index in [-0.39, 0.29) is 12.5 Å². The fourth-order valence-electron chi connectivity index (χ4n) is 3.36. The van der Waals surface area contributed by atoms with Gasteiger partial charge in [-0.2, -0.15) is 0 Å². The Morgan fingerprint density at radius 2 is 1.97 bits per heavy atom. The Kier molecular flexibility index (Phi) is 8.68. The number of aliphatic hydroxyl groups is 1. The van der Waals surface area contributed by atoms with Crippen molar-refractivity contribution in [3.63, 3.8) is 0 Å². The number of anilines is 1. The maximum absolute atomic E-state index is 12.0. The van der Waals surface area contributed by atoms with Gasteiger partial charge in [-0.25, -0.2) is 4.99 Å². The fraction of sp³-hybridized carbons (Fsp3) is 0.500. The van der Waals surface area contributed by atoms with Gasteiger partial charge in [0.2, 0.25) is 5.91 Å². The highest BCUT2D eigenvalue weighted by Gasteiger charge is 2.27. The number of guanidine groups is 1. The third-order valence-electron chi connectivity index (χ3n) is 4.79. The van der Waals surface area contributed by atoms with Crippen LogP contribution in [0.4, 0.5) is 5.69 Å². The van der Waals surface area contributed by atoms with Crippen LogP contribution in [0.25, 0.3) is 0 Å². The van der Waals surface area contributed by atoms with Crippen LogP contribution < -0.4 is 16.0 Å². The molecule has 0 saturated carbocycles. The molecule has 1 aromatic carbocycles. The molecule has 4 N–H and O–H groups in total. The Labute approximate surface area is 185 Å². The van der Waals surface area contributed by atoms with Gasteiger partial charge >= 0.3 is 0 Å². The van der Waals surface area contributed by atoms with Gasteiger partial charge in [-0.1, -0.05) is 26.0 Å². The molecule has 0 radical (unpaired) electrons. The molecule has 7 nitrogen and oxygen atoms in total. The molecule has 1 amide bonds. The maximum atomic E-state index is 12.0. The molecule has 170 valence electrons. The second-order valence-electron chi connectivity index (χ2n) is 8.50. The van der Waals surface area contributed by atoms with Crippen LogP contribution in [0.15, 0.2) is 39.7 Å². The van der Waals surface area contributed by atoms with Gasteiger partial charge in [0.05, 0.1) is 13.1 Å². The molecular weight excluding hydrogens is 392 g/mol. The van der Waals surface area contributed by atoms with E-state index in [1.165, 1.54) is 0 Å². The van der Waals surface area contributed by atoms with E-state index >= 15 is 0 Å². The number of amides is 1. The lowest BCUT2D eigenvalue weighted by Gasteiger charge is -2.24. The average Bonchev–Trinajstić information content (AvgIpc) is 3.02. The maximum Gasteiger partial charge on any atom is 0.224 e. The van der Waals surface area contributed by atoms with Crippen LogP contribution >= 0.6 is 0 Å². The number of carbonyl (C=O) groups excluding carboxylic acids is 1. The molecule has 7 heteroatoms. The van der Waals surface area contributed by atoms with Crippen LogP contribution in [0.3, 0.4) is 0 Å². The minimum Gasteiger partial charge on any atom is -0.466 e. The van der Waals surface area contributed by atoms with Crippen LogP contribution in [0.5, 0.6) is 0 Å². The summed E-state index contributed by atoms with van der Waals surface area (Å²) >= 11 is 0. The van der Waals surface area contributed by atoms with Crippen molar-refractivity contribution >= 4 is 17.6 Å². The van der Waals surface area contributed by atoms with E-state index in [1.807, 2.05) is 65.0 Å². The van der Waals surface area contributed by atoms with Crippen molar-refractivity contribution in [1.82, 2.24) is 10.6 Å². The van der Waals surface area contributed by atoms with Crippen molar-refractivity contribution in [2.75, 3.05) is 18.4 Å². The summed E-state index contributed by atoms with van der Waals surface area (Å²) < 4.78 is 5.56. The number of nitrogens with one attached hydrogen (secondary N) is 3. The van der Waals surface area contributed by atoms with Crippen LogP contribution in [0, 0.1) is 19.8 Å². The molecular formula is C24H36N4O3. The summed E-state index contributed by atoms with van der Waals surface area (Å²) in [6.45, 7) is 12.9. The molecule has 0 spiro atoms. The molecule has 2 rings (SSSR count). The SMILES string of the molecule is CCNC(=NCc1cccc(NC(=O)CC(C)C)c1)NCC(C)(O)c1cc(C)oc1C. The topological polar surface area (TPSA) is 98.9 Å². The number of hydrogen-bond acceptors (Lipinski definition) is 4. The van der Waals surface area contributed by atoms with E-state index in [2.05, 4.69) is 20.9 Å². The largest absolute Gasteiger partial charge is 0.466 e. The third kappa shape index (κ3) is 7.75. The highest BCUT2D eigenvalue weighted by atomic mass is 16.3. The van der Waals surface area contributed by atoms with Crippen molar-refractivity contribution in [2.45, 2.75) is 60.1 Å². The number of aliphatic imine (C=N–C) groups is 1. The fourth-order valence-corrected chi connectivity index (χ4v) is 3.36. The Morgan fingerprint density at radius 3 is 2.58 bits per heavy atom. The van der Waals surface area contributed by atoms with E-state index in [9.17, 15) is 9.90 Å². The lowest BCUT2D eigenvalue weighted by Crippen LogP contribution is -2.44. The monoisotopic (exact) mass is 428 g/mol. The minimum atomic E-state index is -1.10. The van der Waals surface area contributed by atoms with Gasteiger partial charge in [0.15, 0.2) is 5.96 Å². The van der Waals surface area contributed by atoms with Crippen molar-refractivity contribution in [2.24, 2.45) is 10.9 Å². The molecule has 0 aliphatic rings. The molecule has 0 aliphatic carbocycles. The highest BCUT2D eigenvalue weighted by molar-refractivity contribution is 5.90. The molecule has 1 heterocycles. The first-order valence-corrected chi connectivity index (χ1v) is 10.8. The van der Waals surface area contributed by atoms with Gasteiger partial charge < -0.3 is 25.5 Å². The Morgan fingerprint density at radius 1 is 1.23 bits per heavy atom. The Bertz CT molecular complexity index is 900. The van der Waals surface area contributed by atoms with Gasteiger partial charge in [-0.15, -0.1) is 0 Å². The third-order valence-corrected chi connectivity index (χ3v) is 4.79. The number of nitrogens with zero attached hydrogens (tertiary/aromatic N) is 1. The summed E-state index contributed by atoms with van der Waals surface area (Å²) in [5.41, 5.74) is 1.41. The van der Waals surface area contributed by atoms with E-state index in [4.69, 9.17) is 4.42 Å². The summed E-state index contributed by atoms with van der Waals surface area (Å²) in [6.07, 6.45) is 0.493. The summed E-state index contributed by atoms with van der Waals surface area (Å²) in [5, 5.41) is 20.3. The number of aryl methyl sites for hydroxylation is 2. The molecule has 1 aromatic heterocycles. The minimum absolute atomic E-state index is 0.0117. The smallest absolute Gasteiger partial charge is 0.224 e. The van der Waals surface area contributed by atoms with E-state index in [0.717, 1.165) is 22.6 Å². The molecule has 31 heavy (non-hydrogen) atoms. The van der Waals surface area contributed by atoms with Crippen molar-refractivity contribution in [1.29, 1.82) is 0 Å². The van der Waals surface area contributed by atoms with Crippen molar-refractivity contribution < 1.29 is 14.3 Å². The summed E-state index contributed by atoms with van der Waals surface area (Å²) in [5.74, 6) is 2.41. The average molecular weight is 429 g/mol. The number of rotatable bonds is 9. The summed E-state index contributed by atoms with van der Waals surface area (Å²) in [7, 11) is 0. The zero-order valence-electron chi connectivity index (χ0n) is 19.5. The van der Waals surface area contributed by atoms with Crippen molar-refractivity contribution in [3.8, 4) is 0 Å². The Hall–Kier alpha value is -2.80. The van der Waals surface area contributed by atoms with Gasteiger partial charge in [0.25, 0.3) is 0 Å². The molecule has 0 saturated heterocycles. The number of furan rings is 1. The number of carbonyl (C=O) groups is 1. The van der Waals surface area contributed by atoms with Crippen LogP contribution in [-0.2, 0) is 16.9 Å². The van der Waals surface area contributed by atoms with Crippen LogP contribution in [0.1, 0.15) is 56.8 Å². The lowest BCUT2D eigenvalue weighted by molar-refractivity contribution is -0.116. The quantitative estimate of drug-likeness (QED) is 0.359. The highest BCUT2D eigenvalue weighted by Crippen LogP contribution is 2.26. The first-order valence-electron chi connectivity index (χ1n) is 10.8. The Balaban J connectivity index is 2.03. The number of hydrogen-bond donors (Lipinski definition) is 4.